The van der Waals surface area contributed by atoms with E-state index in [2.05, 4.69) is 0 Å². The number of rotatable bonds is 3. The third-order valence-electron chi connectivity index (χ3n) is 5.96. The molecule has 0 spiro atoms. The zero-order valence-electron chi connectivity index (χ0n) is 19.5. The molecule has 2 amide bonds. The van der Waals surface area contributed by atoms with Crippen molar-refractivity contribution in [2.45, 2.75) is 52.5 Å². The predicted molar refractivity (Wildman–Crippen MR) is 118 cm³/mol. The van der Waals surface area contributed by atoms with E-state index in [1.807, 2.05) is 0 Å². The molecule has 11 heteroatoms. The average Bonchev–Trinajstić information content (AvgIpc) is 2.77. The molecule has 0 N–H and O–H groups in total. The van der Waals surface area contributed by atoms with Crippen LogP contribution in [0.1, 0.15) is 52.9 Å². The summed E-state index contributed by atoms with van der Waals surface area (Å²) < 4.78 is 85.7. The number of carbonyl (C=O) groups excluding carboxylic acids is 2. The molecule has 0 aromatic heterocycles. The van der Waals surface area contributed by atoms with Crippen molar-refractivity contribution in [3.63, 3.8) is 0 Å². The lowest BCUT2D eigenvalue weighted by molar-refractivity contribution is -0.143. The molecular weight excluding hydrogens is 478 g/mol. The van der Waals surface area contributed by atoms with Gasteiger partial charge in [-0.05, 0) is 68.7 Å². The summed E-state index contributed by atoms with van der Waals surface area (Å²) in [5.74, 6) is -1.11. The zero-order chi connectivity index (χ0) is 26.3. The number of amides is 2. The van der Waals surface area contributed by atoms with Gasteiger partial charge in [0.2, 0.25) is 0 Å². The molecule has 2 aromatic carbocycles. The maximum Gasteiger partial charge on any atom is 0.417 e. The Morgan fingerprint density at radius 1 is 0.943 bits per heavy atom. The van der Waals surface area contributed by atoms with E-state index in [9.17, 15) is 35.9 Å². The number of ether oxygens (including phenoxy) is 1. The van der Waals surface area contributed by atoms with Gasteiger partial charge in [0, 0.05) is 6.54 Å². The summed E-state index contributed by atoms with van der Waals surface area (Å²) in [5, 5.41) is 0. The van der Waals surface area contributed by atoms with Gasteiger partial charge >= 0.3 is 18.4 Å². The van der Waals surface area contributed by atoms with Crippen LogP contribution in [0.4, 0.5) is 42.5 Å². The van der Waals surface area contributed by atoms with Crippen LogP contribution in [-0.4, -0.2) is 31.2 Å². The van der Waals surface area contributed by atoms with E-state index in [0.29, 0.717) is 24.1 Å². The Morgan fingerprint density at radius 3 is 2.06 bits per heavy atom. The lowest BCUT2D eigenvalue weighted by Gasteiger charge is -2.42. The first-order valence-corrected chi connectivity index (χ1v) is 10.9. The minimum Gasteiger partial charge on any atom is -0.449 e. The molecule has 1 unspecified atom stereocenters. The maximum absolute atomic E-state index is 13.7. The zero-order valence-corrected chi connectivity index (χ0v) is 19.5. The first-order valence-electron chi connectivity index (χ1n) is 10.9. The van der Waals surface area contributed by atoms with Crippen LogP contribution in [0, 0.1) is 13.8 Å². The molecule has 0 fully saturated rings. The molecule has 1 aliphatic heterocycles. The lowest BCUT2D eigenvalue weighted by atomic mass is 9.97. The number of hydrogen-bond donors (Lipinski definition) is 0. The smallest absolute Gasteiger partial charge is 0.417 e. The highest BCUT2D eigenvalue weighted by Crippen LogP contribution is 2.42. The summed E-state index contributed by atoms with van der Waals surface area (Å²) in [6.07, 6.45) is -10.5. The van der Waals surface area contributed by atoms with Crippen LogP contribution in [0.25, 0.3) is 0 Å². The number of hydrogen-bond acceptors (Lipinski definition) is 3. The van der Waals surface area contributed by atoms with Gasteiger partial charge in [0.15, 0.2) is 0 Å². The Labute approximate surface area is 198 Å². The fraction of sp³-hybridized carbons (Fsp3) is 0.417. The van der Waals surface area contributed by atoms with Gasteiger partial charge in [-0.1, -0.05) is 6.92 Å². The Hall–Kier alpha value is -3.24. The Kier molecular flexibility index (Phi) is 7.10. The molecule has 1 aliphatic rings. The van der Waals surface area contributed by atoms with Crippen LogP contribution in [-0.2, 0) is 17.1 Å². The van der Waals surface area contributed by atoms with Crippen molar-refractivity contribution < 1.29 is 40.7 Å². The second kappa shape index (κ2) is 9.43. The Bertz CT molecular complexity index is 1140. The standard InChI is InChI=1S/C24H24F6N2O3/c1-5-16-12-31(19-9-13(3)14(4)10-20(19)32(16)22(34)35-6-2)21(33)17-8-7-15(23(25,26)27)11-18(17)24(28,29)30/h7-11,16H,5-6,12H2,1-4H3. The van der Waals surface area contributed by atoms with Crippen molar-refractivity contribution in [3.8, 4) is 0 Å². The number of benzene rings is 2. The molecular formula is C24H24F6N2O3. The number of nitrogens with zero attached hydrogens (tertiary/aromatic N) is 2. The number of aryl methyl sites for hydroxylation is 2. The van der Waals surface area contributed by atoms with E-state index < -0.39 is 47.1 Å². The van der Waals surface area contributed by atoms with Gasteiger partial charge in [0.25, 0.3) is 5.91 Å². The first-order chi connectivity index (χ1) is 16.2. The number of anilines is 2. The highest BCUT2D eigenvalue weighted by Gasteiger charge is 2.43. The largest absolute Gasteiger partial charge is 0.449 e. The maximum atomic E-state index is 13.7. The summed E-state index contributed by atoms with van der Waals surface area (Å²) in [6.45, 7) is 6.81. The first kappa shape index (κ1) is 26.4. The van der Waals surface area contributed by atoms with Gasteiger partial charge in [0.05, 0.1) is 40.7 Å². The van der Waals surface area contributed by atoms with E-state index in [4.69, 9.17) is 4.74 Å². The van der Waals surface area contributed by atoms with Crippen molar-refractivity contribution >= 4 is 23.4 Å². The fourth-order valence-electron chi connectivity index (χ4n) is 4.01. The van der Waals surface area contributed by atoms with Gasteiger partial charge < -0.3 is 9.64 Å². The number of fused-ring (bicyclic) bond motifs is 1. The van der Waals surface area contributed by atoms with Crippen molar-refractivity contribution in [3.05, 3.63) is 58.1 Å². The second-order valence-corrected chi connectivity index (χ2v) is 8.23. The van der Waals surface area contributed by atoms with Gasteiger partial charge in [-0.25, -0.2) is 4.79 Å². The monoisotopic (exact) mass is 502 g/mol. The summed E-state index contributed by atoms with van der Waals surface area (Å²) in [7, 11) is 0. The Balaban J connectivity index is 2.20. The molecule has 1 atom stereocenters. The molecule has 0 radical (unpaired) electrons. The second-order valence-electron chi connectivity index (χ2n) is 8.23. The van der Waals surface area contributed by atoms with E-state index in [-0.39, 0.29) is 30.6 Å². The highest BCUT2D eigenvalue weighted by molar-refractivity contribution is 6.11. The highest BCUT2D eigenvalue weighted by atomic mass is 19.4. The topological polar surface area (TPSA) is 49.9 Å². The normalized spacial score (nSPS) is 16.2. The molecule has 0 saturated heterocycles. The number of carbonyl (C=O) groups is 2. The molecule has 190 valence electrons. The molecule has 2 aromatic rings. The molecule has 1 heterocycles. The quantitative estimate of drug-likeness (QED) is 0.437. The third-order valence-corrected chi connectivity index (χ3v) is 5.96. The van der Waals surface area contributed by atoms with Gasteiger partial charge in [-0.3, -0.25) is 9.69 Å². The third kappa shape index (κ3) is 5.08. The van der Waals surface area contributed by atoms with Crippen LogP contribution >= 0.6 is 0 Å². The molecule has 0 saturated carbocycles. The van der Waals surface area contributed by atoms with Crippen molar-refractivity contribution in [2.75, 3.05) is 23.0 Å². The van der Waals surface area contributed by atoms with E-state index >= 15 is 0 Å². The molecule has 0 bridgehead atoms. The summed E-state index contributed by atoms with van der Waals surface area (Å²) in [5.41, 5.74) is -2.16. The van der Waals surface area contributed by atoms with Crippen LogP contribution in [0.5, 0.6) is 0 Å². The van der Waals surface area contributed by atoms with Gasteiger partial charge in [0.1, 0.15) is 0 Å². The van der Waals surface area contributed by atoms with Crippen LogP contribution in [0.2, 0.25) is 0 Å². The minimum absolute atomic E-state index is 0.0549. The van der Waals surface area contributed by atoms with Gasteiger partial charge in [-0.15, -0.1) is 0 Å². The van der Waals surface area contributed by atoms with Crippen LogP contribution in [0.15, 0.2) is 30.3 Å². The van der Waals surface area contributed by atoms with E-state index in [0.717, 1.165) is 10.5 Å². The number of halogens is 6. The lowest BCUT2D eigenvalue weighted by Crippen LogP contribution is -2.53. The molecule has 0 aliphatic carbocycles. The van der Waals surface area contributed by atoms with Crippen LogP contribution < -0.4 is 9.80 Å². The molecule has 3 rings (SSSR count). The van der Waals surface area contributed by atoms with Crippen molar-refractivity contribution in [1.82, 2.24) is 0 Å². The summed E-state index contributed by atoms with van der Waals surface area (Å²) >= 11 is 0. The van der Waals surface area contributed by atoms with Gasteiger partial charge in [-0.2, -0.15) is 26.3 Å². The predicted octanol–water partition coefficient (Wildman–Crippen LogP) is 6.74. The Morgan fingerprint density at radius 2 is 1.54 bits per heavy atom. The van der Waals surface area contributed by atoms with E-state index in [1.165, 1.54) is 4.90 Å². The van der Waals surface area contributed by atoms with Crippen LogP contribution in [0.3, 0.4) is 0 Å². The van der Waals surface area contributed by atoms with Crippen molar-refractivity contribution in [1.29, 1.82) is 0 Å². The number of alkyl halides is 6. The summed E-state index contributed by atoms with van der Waals surface area (Å²) in [6, 6.07) is 3.53. The van der Waals surface area contributed by atoms with Crippen molar-refractivity contribution in [2.24, 2.45) is 0 Å². The van der Waals surface area contributed by atoms with E-state index in [1.54, 1.807) is 39.8 Å². The SMILES string of the molecule is CCOC(=O)N1c2cc(C)c(C)cc2N(C(=O)c2ccc(C(F)(F)F)cc2C(F)(F)F)CC1CC. The fourth-order valence-corrected chi connectivity index (χ4v) is 4.01. The average molecular weight is 502 g/mol. The molecule has 5 nitrogen and oxygen atoms in total. The summed E-state index contributed by atoms with van der Waals surface area (Å²) in [4.78, 5) is 28.7. The molecule has 35 heavy (non-hydrogen) atoms. The minimum atomic E-state index is -5.20.